The van der Waals surface area contributed by atoms with E-state index in [9.17, 15) is 9.18 Å². The molecule has 24 heavy (non-hydrogen) atoms. The second kappa shape index (κ2) is 9.67. The van der Waals surface area contributed by atoms with Gasteiger partial charge in [-0.15, -0.1) is 0 Å². The third kappa shape index (κ3) is 6.01. The second-order valence-corrected chi connectivity index (χ2v) is 5.39. The molecule has 0 radical (unpaired) electrons. The summed E-state index contributed by atoms with van der Waals surface area (Å²) in [6, 6.07) is 13.6. The number of para-hydroxylation sites is 1. The van der Waals surface area contributed by atoms with Crippen LogP contribution < -0.4 is 15.4 Å². The standard InChI is InChI=1S/C19H23FN2O2/c1-2-21-14-15-6-3-4-7-18(15)22-19(23)8-5-13-24-17-11-9-16(20)10-12-17/h3-4,6-7,9-12,21H,2,5,8,13-14H2,1H3,(H,22,23). The average Bonchev–Trinajstić information content (AvgIpc) is 2.59. The van der Waals surface area contributed by atoms with Gasteiger partial charge in [0.25, 0.3) is 0 Å². The zero-order chi connectivity index (χ0) is 17.2. The largest absolute Gasteiger partial charge is 0.494 e. The van der Waals surface area contributed by atoms with Crippen molar-refractivity contribution in [2.75, 3.05) is 18.5 Å². The van der Waals surface area contributed by atoms with Crippen LogP contribution in [0.5, 0.6) is 5.75 Å². The molecule has 2 aromatic rings. The molecule has 2 aromatic carbocycles. The summed E-state index contributed by atoms with van der Waals surface area (Å²) in [4.78, 5) is 12.1. The highest BCUT2D eigenvalue weighted by Gasteiger charge is 2.06. The minimum absolute atomic E-state index is 0.0401. The highest BCUT2D eigenvalue weighted by atomic mass is 19.1. The predicted octanol–water partition coefficient (Wildman–Crippen LogP) is 3.73. The van der Waals surface area contributed by atoms with Crippen molar-refractivity contribution in [3.8, 4) is 5.75 Å². The number of ether oxygens (including phenoxy) is 1. The summed E-state index contributed by atoms with van der Waals surface area (Å²) < 4.78 is 18.3. The smallest absolute Gasteiger partial charge is 0.224 e. The summed E-state index contributed by atoms with van der Waals surface area (Å²) in [5, 5.41) is 6.20. The SMILES string of the molecule is CCNCc1ccccc1NC(=O)CCCOc1ccc(F)cc1. The Morgan fingerprint density at radius 2 is 1.88 bits per heavy atom. The minimum Gasteiger partial charge on any atom is -0.494 e. The molecule has 2 rings (SSSR count). The molecule has 1 amide bonds. The molecule has 0 bridgehead atoms. The Kier molecular flexibility index (Phi) is 7.23. The number of amides is 1. The molecule has 0 unspecified atom stereocenters. The first kappa shape index (κ1) is 17.9. The molecule has 4 nitrogen and oxygen atoms in total. The van der Waals surface area contributed by atoms with Gasteiger partial charge in [0, 0.05) is 18.7 Å². The Morgan fingerprint density at radius 3 is 2.62 bits per heavy atom. The van der Waals surface area contributed by atoms with Crippen LogP contribution in [0.1, 0.15) is 25.3 Å². The van der Waals surface area contributed by atoms with Gasteiger partial charge in [-0.3, -0.25) is 4.79 Å². The highest BCUT2D eigenvalue weighted by molar-refractivity contribution is 5.91. The van der Waals surface area contributed by atoms with Gasteiger partial charge in [-0.2, -0.15) is 0 Å². The van der Waals surface area contributed by atoms with E-state index in [1.807, 2.05) is 31.2 Å². The molecule has 0 aliphatic rings. The lowest BCUT2D eigenvalue weighted by atomic mass is 10.1. The van der Waals surface area contributed by atoms with Crippen LogP contribution in [-0.2, 0) is 11.3 Å². The summed E-state index contributed by atoms with van der Waals surface area (Å²) in [6.07, 6.45) is 0.968. The Labute approximate surface area is 142 Å². The van der Waals surface area contributed by atoms with E-state index >= 15 is 0 Å². The van der Waals surface area contributed by atoms with E-state index < -0.39 is 0 Å². The molecule has 0 aliphatic heterocycles. The number of carbonyl (C=O) groups excluding carboxylic acids is 1. The van der Waals surface area contributed by atoms with E-state index in [-0.39, 0.29) is 11.7 Å². The Hall–Kier alpha value is -2.40. The lowest BCUT2D eigenvalue weighted by Gasteiger charge is -2.11. The van der Waals surface area contributed by atoms with Crippen LogP contribution in [-0.4, -0.2) is 19.1 Å². The Morgan fingerprint density at radius 1 is 1.12 bits per heavy atom. The van der Waals surface area contributed by atoms with Gasteiger partial charge in [0.15, 0.2) is 0 Å². The lowest BCUT2D eigenvalue weighted by molar-refractivity contribution is -0.116. The molecule has 0 atom stereocenters. The van der Waals surface area contributed by atoms with Crippen molar-refractivity contribution in [3.63, 3.8) is 0 Å². The van der Waals surface area contributed by atoms with Gasteiger partial charge in [0.1, 0.15) is 11.6 Å². The molecule has 0 fully saturated rings. The van der Waals surface area contributed by atoms with Crippen molar-refractivity contribution >= 4 is 11.6 Å². The van der Waals surface area contributed by atoms with Gasteiger partial charge in [-0.05, 0) is 48.9 Å². The predicted molar refractivity (Wildman–Crippen MR) is 93.6 cm³/mol. The van der Waals surface area contributed by atoms with Crippen LogP contribution in [0.3, 0.4) is 0 Å². The van der Waals surface area contributed by atoms with E-state index in [0.29, 0.717) is 25.2 Å². The van der Waals surface area contributed by atoms with Gasteiger partial charge < -0.3 is 15.4 Å². The van der Waals surface area contributed by atoms with E-state index in [0.717, 1.165) is 24.3 Å². The molecule has 2 N–H and O–H groups in total. The third-order valence-electron chi connectivity index (χ3n) is 3.49. The summed E-state index contributed by atoms with van der Waals surface area (Å²) in [7, 11) is 0. The highest BCUT2D eigenvalue weighted by Crippen LogP contribution is 2.15. The zero-order valence-electron chi connectivity index (χ0n) is 13.8. The second-order valence-electron chi connectivity index (χ2n) is 5.39. The van der Waals surface area contributed by atoms with Gasteiger partial charge in [0.05, 0.1) is 6.61 Å². The average molecular weight is 330 g/mol. The summed E-state index contributed by atoms with van der Waals surface area (Å²) in [6.45, 7) is 4.06. The van der Waals surface area contributed by atoms with Crippen LogP contribution in [0, 0.1) is 5.82 Å². The van der Waals surface area contributed by atoms with E-state index in [1.54, 1.807) is 12.1 Å². The number of benzene rings is 2. The van der Waals surface area contributed by atoms with Crippen LogP contribution >= 0.6 is 0 Å². The van der Waals surface area contributed by atoms with Gasteiger partial charge >= 0.3 is 0 Å². The van der Waals surface area contributed by atoms with Gasteiger partial charge in [-0.1, -0.05) is 25.1 Å². The number of anilines is 1. The van der Waals surface area contributed by atoms with Crippen LogP contribution in [0.4, 0.5) is 10.1 Å². The molecular weight excluding hydrogens is 307 g/mol. The number of carbonyl (C=O) groups is 1. The molecule has 0 saturated carbocycles. The third-order valence-corrected chi connectivity index (χ3v) is 3.49. The number of halogens is 1. The molecule has 0 saturated heterocycles. The van der Waals surface area contributed by atoms with Crippen LogP contribution in [0.15, 0.2) is 48.5 Å². The molecule has 0 aliphatic carbocycles. The summed E-state index contributed by atoms with van der Waals surface area (Å²) >= 11 is 0. The maximum atomic E-state index is 12.8. The summed E-state index contributed by atoms with van der Waals surface area (Å²) in [5.74, 6) is 0.271. The first-order chi connectivity index (χ1) is 11.7. The normalized spacial score (nSPS) is 10.4. The van der Waals surface area contributed by atoms with Gasteiger partial charge in [0.2, 0.25) is 5.91 Å². The quantitative estimate of drug-likeness (QED) is 0.689. The van der Waals surface area contributed by atoms with Crippen molar-refractivity contribution in [3.05, 3.63) is 59.9 Å². The zero-order valence-corrected chi connectivity index (χ0v) is 13.8. The van der Waals surface area contributed by atoms with E-state index in [4.69, 9.17) is 4.74 Å². The van der Waals surface area contributed by atoms with E-state index in [1.165, 1.54) is 12.1 Å². The molecule has 0 aromatic heterocycles. The lowest BCUT2D eigenvalue weighted by Crippen LogP contribution is -2.17. The van der Waals surface area contributed by atoms with Crippen LogP contribution in [0.2, 0.25) is 0 Å². The number of hydrogen-bond acceptors (Lipinski definition) is 3. The van der Waals surface area contributed by atoms with Gasteiger partial charge in [-0.25, -0.2) is 4.39 Å². The maximum absolute atomic E-state index is 12.8. The molecular formula is C19H23FN2O2. The fraction of sp³-hybridized carbons (Fsp3) is 0.316. The Balaban J connectivity index is 1.74. The topological polar surface area (TPSA) is 50.4 Å². The molecule has 0 heterocycles. The minimum atomic E-state index is -0.294. The first-order valence-electron chi connectivity index (χ1n) is 8.16. The fourth-order valence-corrected chi connectivity index (χ4v) is 2.22. The Bertz CT molecular complexity index is 644. The maximum Gasteiger partial charge on any atom is 0.224 e. The molecule has 0 spiro atoms. The van der Waals surface area contributed by atoms with Crippen molar-refractivity contribution in [2.24, 2.45) is 0 Å². The van der Waals surface area contributed by atoms with Crippen molar-refractivity contribution in [1.29, 1.82) is 0 Å². The van der Waals surface area contributed by atoms with Crippen molar-refractivity contribution in [1.82, 2.24) is 5.32 Å². The molecule has 5 heteroatoms. The van der Waals surface area contributed by atoms with Crippen molar-refractivity contribution in [2.45, 2.75) is 26.3 Å². The first-order valence-corrected chi connectivity index (χ1v) is 8.16. The molecule has 128 valence electrons. The number of hydrogen-bond donors (Lipinski definition) is 2. The van der Waals surface area contributed by atoms with E-state index in [2.05, 4.69) is 10.6 Å². The summed E-state index contributed by atoms with van der Waals surface area (Å²) in [5.41, 5.74) is 1.90. The monoisotopic (exact) mass is 330 g/mol. The van der Waals surface area contributed by atoms with Crippen LogP contribution in [0.25, 0.3) is 0 Å². The number of nitrogens with one attached hydrogen (secondary N) is 2. The fourth-order valence-electron chi connectivity index (χ4n) is 2.22. The number of rotatable bonds is 9. The van der Waals surface area contributed by atoms with Crippen molar-refractivity contribution < 1.29 is 13.9 Å².